The van der Waals surface area contributed by atoms with Crippen molar-refractivity contribution in [2.75, 3.05) is 13.1 Å². The Morgan fingerprint density at radius 2 is 1.67 bits per heavy atom. The van der Waals surface area contributed by atoms with E-state index >= 15 is 0 Å². The largest absolute Gasteiger partial charge is 0.317 e. The lowest BCUT2D eigenvalue weighted by molar-refractivity contribution is 0.343. The molecule has 0 spiro atoms. The summed E-state index contributed by atoms with van der Waals surface area (Å²) in [4.78, 5) is 4.66. The number of nitrogens with zero attached hydrogens (tertiary/aromatic N) is 4. The predicted octanol–water partition coefficient (Wildman–Crippen LogP) is 5.51. The van der Waals surface area contributed by atoms with Gasteiger partial charge in [-0.25, -0.2) is 26.2 Å². The quantitative estimate of drug-likeness (QED) is 0.304. The molecule has 39 heavy (non-hydrogen) atoms. The Morgan fingerprint density at radius 3 is 2.46 bits per heavy atom. The van der Waals surface area contributed by atoms with E-state index in [2.05, 4.69) is 15.4 Å². The highest BCUT2D eigenvalue weighted by atomic mass is 32.2. The molecule has 0 aliphatic carbocycles. The Bertz CT molecular complexity index is 1790. The van der Waals surface area contributed by atoms with Crippen molar-refractivity contribution in [1.29, 1.82) is 0 Å². The number of halogens is 2. The first-order valence-corrected chi connectivity index (χ1v) is 14.0. The minimum absolute atomic E-state index is 0.0502. The van der Waals surface area contributed by atoms with E-state index in [9.17, 15) is 17.2 Å². The van der Waals surface area contributed by atoms with E-state index in [1.165, 1.54) is 24.4 Å². The first-order chi connectivity index (χ1) is 18.9. The Hall–Kier alpha value is -4.15. The van der Waals surface area contributed by atoms with Crippen LogP contribution in [0.2, 0.25) is 0 Å². The lowest BCUT2D eigenvalue weighted by atomic mass is 10.1. The van der Waals surface area contributed by atoms with Crippen LogP contribution >= 0.6 is 0 Å². The summed E-state index contributed by atoms with van der Waals surface area (Å²) in [6, 6.07) is 13.4. The zero-order valence-corrected chi connectivity index (χ0v) is 21.7. The number of benzene rings is 2. The van der Waals surface area contributed by atoms with E-state index in [-0.39, 0.29) is 16.1 Å². The molecular formula is C29H25F2N5O2S. The number of pyridine rings is 1. The average Bonchev–Trinajstić information content (AvgIpc) is 3.60. The molecule has 0 bridgehead atoms. The van der Waals surface area contributed by atoms with Gasteiger partial charge in [0.15, 0.2) is 5.65 Å². The van der Waals surface area contributed by atoms with Crippen LogP contribution in [0.5, 0.6) is 0 Å². The van der Waals surface area contributed by atoms with Gasteiger partial charge in [0.05, 0.1) is 17.1 Å². The molecule has 1 N–H and O–H groups in total. The van der Waals surface area contributed by atoms with Gasteiger partial charge in [0.25, 0.3) is 10.0 Å². The molecule has 1 aliphatic heterocycles. The molecule has 198 valence electrons. The Labute approximate surface area is 224 Å². The zero-order chi connectivity index (χ0) is 27.0. The molecule has 1 fully saturated rings. The SMILES string of the molecule is O=S(=O)(c1ccccc1)n1cc(/C=C/c2cc(F)ccc2F)c2cc(-c3cnn(C4CCNCC4)c3)cnc21. The second-order valence-electron chi connectivity index (χ2n) is 9.48. The molecule has 1 aliphatic rings. The first kappa shape index (κ1) is 25.1. The summed E-state index contributed by atoms with van der Waals surface area (Å²) in [5, 5.41) is 8.47. The van der Waals surface area contributed by atoms with Crippen LogP contribution in [-0.4, -0.2) is 40.2 Å². The minimum atomic E-state index is -3.97. The summed E-state index contributed by atoms with van der Waals surface area (Å²) >= 11 is 0. The Morgan fingerprint density at radius 1 is 0.897 bits per heavy atom. The fraction of sp³-hybridized carbons (Fsp3) is 0.172. The smallest absolute Gasteiger partial charge is 0.269 e. The van der Waals surface area contributed by atoms with Gasteiger partial charge >= 0.3 is 0 Å². The third-order valence-corrected chi connectivity index (χ3v) is 8.63. The van der Waals surface area contributed by atoms with Crippen LogP contribution in [0.3, 0.4) is 0 Å². The summed E-state index contributed by atoms with van der Waals surface area (Å²) in [6.45, 7) is 1.89. The van der Waals surface area contributed by atoms with Crippen molar-refractivity contribution in [3.05, 3.63) is 102 Å². The van der Waals surface area contributed by atoms with Crippen molar-refractivity contribution < 1.29 is 17.2 Å². The van der Waals surface area contributed by atoms with Crippen molar-refractivity contribution in [2.24, 2.45) is 0 Å². The molecule has 1 saturated heterocycles. The summed E-state index contributed by atoms with van der Waals surface area (Å²) < 4.78 is 58.2. The summed E-state index contributed by atoms with van der Waals surface area (Å²) in [7, 11) is -3.97. The molecule has 2 aromatic carbocycles. The minimum Gasteiger partial charge on any atom is -0.317 e. The summed E-state index contributed by atoms with van der Waals surface area (Å²) in [6.07, 6.45) is 11.8. The molecule has 5 aromatic rings. The average molecular weight is 546 g/mol. The highest BCUT2D eigenvalue weighted by Crippen LogP contribution is 2.31. The molecule has 0 radical (unpaired) electrons. The van der Waals surface area contributed by atoms with E-state index in [0.717, 1.165) is 59.2 Å². The van der Waals surface area contributed by atoms with Gasteiger partial charge in [-0.1, -0.05) is 30.4 Å². The highest BCUT2D eigenvalue weighted by Gasteiger charge is 2.22. The van der Waals surface area contributed by atoms with E-state index in [1.807, 2.05) is 16.9 Å². The monoisotopic (exact) mass is 545 g/mol. The number of piperidine rings is 1. The molecule has 0 amide bonds. The number of hydrogen-bond acceptors (Lipinski definition) is 5. The molecule has 6 rings (SSSR count). The van der Waals surface area contributed by atoms with Gasteiger partial charge in [0.2, 0.25) is 0 Å². The number of hydrogen-bond donors (Lipinski definition) is 1. The second kappa shape index (κ2) is 10.2. The third kappa shape index (κ3) is 4.88. The van der Waals surface area contributed by atoms with Gasteiger partial charge in [0, 0.05) is 46.2 Å². The van der Waals surface area contributed by atoms with Crippen molar-refractivity contribution in [3.63, 3.8) is 0 Å². The fourth-order valence-electron chi connectivity index (χ4n) is 4.86. The molecule has 10 heteroatoms. The number of rotatable bonds is 6. The van der Waals surface area contributed by atoms with Crippen LogP contribution in [0.4, 0.5) is 8.78 Å². The van der Waals surface area contributed by atoms with Crippen LogP contribution in [0, 0.1) is 11.6 Å². The summed E-state index contributed by atoms with van der Waals surface area (Å²) in [5.74, 6) is -1.16. The van der Waals surface area contributed by atoms with E-state index < -0.39 is 21.7 Å². The topological polar surface area (TPSA) is 81.8 Å². The van der Waals surface area contributed by atoms with E-state index in [4.69, 9.17) is 0 Å². The molecule has 3 aromatic heterocycles. The highest BCUT2D eigenvalue weighted by molar-refractivity contribution is 7.90. The lowest BCUT2D eigenvalue weighted by Crippen LogP contribution is -2.29. The second-order valence-corrected chi connectivity index (χ2v) is 11.3. The van der Waals surface area contributed by atoms with Crippen molar-refractivity contribution in [1.82, 2.24) is 24.1 Å². The van der Waals surface area contributed by atoms with E-state index in [1.54, 1.807) is 36.7 Å². The van der Waals surface area contributed by atoms with Gasteiger partial charge in [0.1, 0.15) is 11.6 Å². The fourth-order valence-corrected chi connectivity index (χ4v) is 6.22. The van der Waals surface area contributed by atoms with Crippen molar-refractivity contribution >= 4 is 33.2 Å². The van der Waals surface area contributed by atoms with Crippen LogP contribution in [-0.2, 0) is 10.0 Å². The normalized spacial score (nSPS) is 14.9. The Kier molecular flexibility index (Phi) is 6.58. The zero-order valence-electron chi connectivity index (χ0n) is 20.8. The maximum absolute atomic E-state index is 14.3. The molecule has 4 heterocycles. The van der Waals surface area contributed by atoms with Gasteiger partial charge in [-0.15, -0.1) is 0 Å². The van der Waals surface area contributed by atoms with Crippen molar-refractivity contribution in [3.8, 4) is 11.1 Å². The molecular weight excluding hydrogens is 520 g/mol. The van der Waals surface area contributed by atoms with Crippen LogP contribution in [0.1, 0.15) is 30.0 Å². The maximum Gasteiger partial charge on any atom is 0.269 e. The lowest BCUT2D eigenvalue weighted by Gasteiger charge is -2.22. The number of aromatic nitrogens is 4. The molecule has 0 saturated carbocycles. The number of nitrogens with one attached hydrogen (secondary N) is 1. The molecule has 0 unspecified atom stereocenters. The molecule has 0 atom stereocenters. The predicted molar refractivity (Wildman–Crippen MR) is 146 cm³/mol. The Balaban J connectivity index is 1.47. The van der Waals surface area contributed by atoms with Gasteiger partial charge in [-0.2, -0.15) is 5.10 Å². The standard InChI is InChI=1S/C29H25F2N5O2S/c30-24-8-9-28(31)20(14-24)6-7-21-19-36(39(37,38)26-4-2-1-3-5-26)29-27(21)15-22(16-33-29)23-17-34-35(18-23)25-10-12-32-13-11-25/h1-9,14-19,25,32H,10-13H2/b7-6+. The summed E-state index contributed by atoms with van der Waals surface area (Å²) in [5.41, 5.74) is 2.40. The third-order valence-electron chi connectivity index (χ3n) is 6.96. The number of fused-ring (bicyclic) bond motifs is 1. The van der Waals surface area contributed by atoms with Crippen LogP contribution in [0.15, 0.2) is 84.3 Å². The van der Waals surface area contributed by atoms with Crippen LogP contribution < -0.4 is 5.32 Å². The van der Waals surface area contributed by atoms with Gasteiger partial charge < -0.3 is 5.32 Å². The van der Waals surface area contributed by atoms with Crippen LogP contribution in [0.25, 0.3) is 34.3 Å². The van der Waals surface area contributed by atoms with Gasteiger partial charge in [-0.3, -0.25) is 4.68 Å². The van der Waals surface area contributed by atoms with Crippen molar-refractivity contribution in [2.45, 2.75) is 23.8 Å². The first-order valence-electron chi connectivity index (χ1n) is 12.6. The molecule has 7 nitrogen and oxygen atoms in total. The van der Waals surface area contributed by atoms with E-state index in [0.29, 0.717) is 17.0 Å². The van der Waals surface area contributed by atoms with Gasteiger partial charge in [-0.05, 0) is 62.3 Å². The maximum atomic E-state index is 14.3.